The maximum absolute atomic E-state index is 12.8. The van der Waals surface area contributed by atoms with E-state index in [0.717, 1.165) is 27.0 Å². The first-order valence-corrected chi connectivity index (χ1v) is 9.95. The van der Waals surface area contributed by atoms with Crippen molar-refractivity contribution in [2.24, 2.45) is 0 Å². The molecule has 1 amide bonds. The van der Waals surface area contributed by atoms with E-state index in [2.05, 4.69) is 5.32 Å². The van der Waals surface area contributed by atoms with Crippen LogP contribution < -0.4 is 11.1 Å². The Morgan fingerprint density at radius 3 is 2.46 bits per heavy atom. The Labute approximate surface area is 172 Å². The minimum Gasteiger partial charge on any atom is -0.397 e. The summed E-state index contributed by atoms with van der Waals surface area (Å²) in [6, 6.07) is 17.5. The number of aromatic nitrogens is 1. The monoisotopic (exact) mass is 407 g/mol. The summed E-state index contributed by atoms with van der Waals surface area (Å²) in [5.41, 5.74) is 11.3. The Balaban J connectivity index is 1.68. The van der Waals surface area contributed by atoms with Crippen molar-refractivity contribution in [2.75, 3.05) is 11.1 Å². The number of pyridine rings is 1. The molecule has 2 aromatic heterocycles. The Kier molecular flexibility index (Phi) is 4.79. The number of fused-ring (bicyclic) bond motifs is 1. The molecule has 0 spiro atoms. The number of carbonyl (C=O) groups excluding carboxylic acids is 1. The predicted molar refractivity (Wildman–Crippen MR) is 118 cm³/mol. The molecule has 0 aliphatic heterocycles. The Morgan fingerprint density at radius 2 is 1.75 bits per heavy atom. The standard InChI is InChI=1S/C22H18ClN3OS/c1-12-3-6-14(7-4-12)17-10-8-15-19(24)20(28-22(15)26-17)21(27)25-18-9-5-13(2)11-16(18)23/h3-11H,24H2,1-2H3,(H,25,27). The van der Waals surface area contributed by atoms with E-state index in [1.54, 1.807) is 12.1 Å². The van der Waals surface area contributed by atoms with Crippen LogP contribution in [0.2, 0.25) is 5.02 Å². The molecule has 0 saturated carbocycles. The lowest BCUT2D eigenvalue weighted by molar-refractivity contribution is 0.103. The van der Waals surface area contributed by atoms with Gasteiger partial charge in [-0.1, -0.05) is 47.5 Å². The SMILES string of the molecule is Cc1ccc(-c2ccc3c(N)c(C(=O)Nc4ccc(C)cc4Cl)sc3n2)cc1. The number of hydrogen-bond donors (Lipinski definition) is 2. The molecule has 0 saturated heterocycles. The number of nitrogens with zero attached hydrogens (tertiary/aromatic N) is 1. The number of nitrogens with two attached hydrogens (primary N) is 1. The van der Waals surface area contributed by atoms with Crippen molar-refractivity contribution in [1.29, 1.82) is 0 Å². The summed E-state index contributed by atoms with van der Waals surface area (Å²) in [6.45, 7) is 3.99. The number of anilines is 2. The van der Waals surface area contributed by atoms with Gasteiger partial charge in [0.1, 0.15) is 9.71 Å². The molecule has 0 unspecified atom stereocenters. The second-order valence-corrected chi connectivity index (χ2v) is 8.10. The van der Waals surface area contributed by atoms with Crippen molar-refractivity contribution in [2.45, 2.75) is 13.8 Å². The highest BCUT2D eigenvalue weighted by Crippen LogP contribution is 2.35. The van der Waals surface area contributed by atoms with Crippen LogP contribution in [-0.2, 0) is 0 Å². The molecule has 4 rings (SSSR count). The number of carbonyl (C=O) groups is 1. The minimum absolute atomic E-state index is 0.289. The van der Waals surface area contributed by atoms with Crippen LogP contribution in [0.25, 0.3) is 21.5 Å². The third kappa shape index (κ3) is 3.46. The lowest BCUT2D eigenvalue weighted by atomic mass is 10.1. The van der Waals surface area contributed by atoms with E-state index in [-0.39, 0.29) is 5.91 Å². The van der Waals surface area contributed by atoms with E-state index in [9.17, 15) is 4.79 Å². The molecule has 0 aliphatic carbocycles. The van der Waals surface area contributed by atoms with Crippen LogP contribution >= 0.6 is 22.9 Å². The van der Waals surface area contributed by atoms with Crippen LogP contribution in [-0.4, -0.2) is 10.9 Å². The van der Waals surface area contributed by atoms with Gasteiger partial charge in [0.15, 0.2) is 0 Å². The summed E-state index contributed by atoms with van der Waals surface area (Å²) in [5, 5.41) is 4.11. The fraction of sp³-hybridized carbons (Fsp3) is 0.0909. The largest absolute Gasteiger partial charge is 0.397 e. The van der Waals surface area contributed by atoms with Crippen molar-refractivity contribution in [3.8, 4) is 11.3 Å². The lowest BCUT2D eigenvalue weighted by Crippen LogP contribution is -2.12. The maximum Gasteiger partial charge on any atom is 0.267 e. The molecular formula is C22H18ClN3OS. The van der Waals surface area contributed by atoms with Crippen molar-refractivity contribution >= 4 is 50.4 Å². The summed E-state index contributed by atoms with van der Waals surface area (Å²) in [6.07, 6.45) is 0. The Morgan fingerprint density at radius 1 is 1.04 bits per heavy atom. The molecule has 0 atom stereocenters. The quantitative estimate of drug-likeness (QED) is 0.433. The fourth-order valence-corrected chi connectivity index (χ4v) is 4.22. The molecule has 0 fully saturated rings. The summed E-state index contributed by atoms with van der Waals surface area (Å²) in [7, 11) is 0. The van der Waals surface area contributed by atoms with Gasteiger partial charge in [0, 0.05) is 10.9 Å². The van der Waals surface area contributed by atoms with Gasteiger partial charge in [0.2, 0.25) is 0 Å². The molecule has 140 valence electrons. The number of nitrogens with one attached hydrogen (secondary N) is 1. The van der Waals surface area contributed by atoms with Crippen LogP contribution in [0.5, 0.6) is 0 Å². The summed E-state index contributed by atoms with van der Waals surface area (Å²) < 4.78 is 0. The highest BCUT2D eigenvalue weighted by atomic mass is 35.5. The number of rotatable bonds is 3. The number of aryl methyl sites for hydroxylation is 2. The molecule has 6 heteroatoms. The van der Waals surface area contributed by atoms with Gasteiger partial charge in [-0.15, -0.1) is 11.3 Å². The van der Waals surface area contributed by atoms with Gasteiger partial charge in [-0.3, -0.25) is 4.79 Å². The van der Waals surface area contributed by atoms with Gasteiger partial charge in [-0.25, -0.2) is 4.98 Å². The lowest BCUT2D eigenvalue weighted by Gasteiger charge is -2.07. The normalized spacial score (nSPS) is 11.0. The number of hydrogen-bond acceptors (Lipinski definition) is 4. The average Bonchev–Trinajstić information content (AvgIpc) is 3.01. The van der Waals surface area contributed by atoms with Gasteiger partial charge < -0.3 is 11.1 Å². The van der Waals surface area contributed by atoms with E-state index in [4.69, 9.17) is 22.3 Å². The van der Waals surface area contributed by atoms with Crippen molar-refractivity contribution in [3.05, 3.63) is 75.6 Å². The summed E-state index contributed by atoms with van der Waals surface area (Å²) >= 11 is 7.51. The van der Waals surface area contributed by atoms with Crippen molar-refractivity contribution < 1.29 is 4.79 Å². The molecule has 3 N–H and O–H groups in total. The first kappa shape index (κ1) is 18.5. The van der Waals surface area contributed by atoms with E-state index >= 15 is 0 Å². The summed E-state index contributed by atoms with van der Waals surface area (Å²) in [4.78, 5) is 18.6. The topological polar surface area (TPSA) is 68.0 Å². The smallest absolute Gasteiger partial charge is 0.267 e. The van der Waals surface area contributed by atoms with E-state index in [0.29, 0.717) is 21.3 Å². The molecule has 4 nitrogen and oxygen atoms in total. The molecule has 28 heavy (non-hydrogen) atoms. The van der Waals surface area contributed by atoms with Crippen LogP contribution in [0.15, 0.2) is 54.6 Å². The minimum atomic E-state index is -0.289. The van der Waals surface area contributed by atoms with Gasteiger partial charge in [-0.05, 0) is 43.7 Å². The second-order valence-electron chi connectivity index (χ2n) is 6.70. The Hall–Kier alpha value is -2.89. The van der Waals surface area contributed by atoms with Crippen LogP contribution in [0.1, 0.15) is 20.8 Å². The van der Waals surface area contributed by atoms with E-state index in [1.165, 1.54) is 16.9 Å². The number of halogens is 1. The molecule has 2 heterocycles. The van der Waals surface area contributed by atoms with Crippen molar-refractivity contribution in [1.82, 2.24) is 4.98 Å². The molecule has 0 aliphatic rings. The van der Waals surface area contributed by atoms with Gasteiger partial charge in [-0.2, -0.15) is 0 Å². The van der Waals surface area contributed by atoms with Gasteiger partial charge in [0.05, 0.1) is 22.1 Å². The molecule has 2 aromatic carbocycles. The molecule has 0 bridgehead atoms. The number of benzene rings is 2. The van der Waals surface area contributed by atoms with Crippen LogP contribution in [0.4, 0.5) is 11.4 Å². The number of amides is 1. The predicted octanol–water partition coefficient (Wildman–Crippen LogP) is 6.07. The van der Waals surface area contributed by atoms with Crippen molar-refractivity contribution in [3.63, 3.8) is 0 Å². The molecule has 4 aromatic rings. The molecule has 0 radical (unpaired) electrons. The molecular weight excluding hydrogens is 390 g/mol. The fourth-order valence-electron chi connectivity index (χ4n) is 2.95. The van der Waals surface area contributed by atoms with E-state index in [1.807, 2.05) is 56.3 Å². The first-order chi connectivity index (χ1) is 13.4. The first-order valence-electron chi connectivity index (χ1n) is 8.76. The summed E-state index contributed by atoms with van der Waals surface area (Å²) in [5.74, 6) is -0.289. The van der Waals surface area contributed by atoms with Crippen LogP contribution in [0.3, 0.4) is 0 Å². The maximum atomic E-state index is 12.8. The zero-order valence-electron chi connectivity index (χ0n) is 15.4. The average molecular weight is 408 g/mol. The third-order valence-electron chi connectivity index (χ3n) is 4.52. The third-order valence-corrected chi connectivity index (χ3v) is 5.95. The zero-order chi connectivity index (χ0) is 19.8. The van der Waals surface area contributed by atoms with Gasteiger partial charge >= 0.3 is 0 Å². The highest BCUT2D eigenvalue weighted by molar-refractivity contribution is 7.21. The zero-order valence-corrected chi connectivity index (χ0v) is 17.0. The number of nitrogen functional groups attached to an aromatic ring is 1. The number of thiophene rings is 1. The Bertz CT molecular complexity index is 1200. The second kappa shape index (κ2) is 7.26. The van der Waals surface area contributed by atoms with Gasteiger partial charge in [0.25, 0.3) is 5.91 Å². The highest BCUT2D eigenvalue weighted by Gasteiger charge is 2.18. The van der Waals surface area contributed by atoms with Crippen LogP contribution in [0, 0.1) is 13.8 Å². The van der Waals surface area contributed by atoms with E-state index < -0.39 is 0 Å².